The SMILES string of the molecule is Cc1ccc(C(=O)NCC#Cc2ccccn2)s1. The number of thiophene rings is 1. The van der Waals surface area contributed by atoms with Gasteiger partial charge in [0.15, 0.2) is 0 Å². The molecule has 90 valence electrons. The minimum Gasteiger partial charge on any atom is -0.340 e. The molecule has 0 aliphatic rings. The molecule has 1 N–H and O–H groups in total. The van der Waals surface area contributed by atoms with Gasteiger partial charge in [0.2, 0.25) is 0 Å². The van der Waals surface area contributed by atoms with Crippen LogP contribution in [-0.2, 0) is 0 Å². The van der Waals surface area contributed by atoms with Gasteiger partial charge in [-0.25, -0.2) is 4.98 Å². The molecule has 0 spiro atoms. The Hall–Kier alpha value is -2.12. The zero-order valence-electron chi connectivity index (χ0n) is 9.93. The van der Waals surface area contributed by atoms with Crippen molar-refractivity contribution in [2.24, 2.45) is 0 Å². The average Bonchev–Trinajstić information content (AvgIpc) is 2.82. The van der Waals surface area contributed by atoms with Crippen molar-refractivity contribution in [2.75, 3.05) is 6.54 Å². The number of amides is 1. The molecule has 0 aliphatic carbocycles. The lowest BCUT2D eigenvalue weighted by molar-refractivity contribution is 0.0962. The van der Waals surface area contributed by atoms with Gasteiger partial charge in [-0.2, -0.15) is 0 Å². The fraction of sp³-hybridized carbons (Fsp3) is 0.143. The van der Waals surface area contributed by atoms with Crippen LogP contribution >= 0.6 is 11.3 Å². The standard InChI is InChI=1S/C14H12N2OS/c1-11-7-8-13(18-11)14(17)16-10-4-6-12-5-2-3-9-15-12/h2-3,5,7-9H,10H2,1H3,(H,16,17). The topological polar surface area (TPSA) is 42.0 Å². The first-order chi connectivity index (χ1) is 8.75. The van der Waals surface area contributed by atoms with Crippen LogP contribution in [-0.4, -0.2) is 17.4 Å². The van der Waals surface area contributed by atoms with E-state index in [-0.39, 0.29) is 5.91 Å². The fourth-order valence-electron chi connectivity index (χ4n) is 1.34. The lowest BCUT2D eigenvalue weighted by Crippen LogP contribution is -2.22. The van der Waals surface area contributed by atoms with Gasteiger partial charge >= 0.3 is 0 Å². The Kier molecular flexibility index (Phi) is 4.11. The van der Waals surface area contributed by atoms with E-state index in [1.807, 2.05) is 37.3 Å². The van der Waals surface area contributed by atoms with Crippen molar-refractivity contribution in [3.63, 3.8) is 0 Å². The van der Waals surface area contributed by atoms with Crippen molar-refractivity contribution in [1.29, 1.82) is 0 Å². The molecule has 0 bridgehead atoms. The number of pyridine rings is 1. The molecular weight excluding hydrogens is 244 g/mol. The van der Waals surface area contributed by atoms with Crippen LogP contribution in [0.15, 0.2) is 36.5 Å². The Balaban J connectivity index is 1.86. The molecule has 0 saturated heterocycles. The van der Waals surface area contributed by atoms with Gasteiger partial charge in [-0.15, -0.1) is 11.3 Å². The smallest absolute Gasteiger partial charge is 0.262 e. The summed E-state index contributed by atoms with van der Waals surface area (Å²) in [6.07, 6.45) is 1.69. The highest BCUT2D eigenvalue weighted by Crippen LogP contribution is 2.14. The van der Waals surface area contributed by atoms with E-state index < -0.39 is 0 Å². The number of rotatable bonds is 2. The molecular formula is C14H12N2OS. The summed E-state index contributed by atoms with van der Waals surface area (Å²) >= 11 is 1.48. The Morgan fingerprint density at radius 1 is 1.39 bits per heavy atom. The van der Waals surface area contributed by atoms with E-state index in [1.165, 1.54) is 11.3 Å². The normalized spacial score (nSPS) is 9.39. The van der Waals surface area contributed by atoms with E-state index >= 15 is 0 Å². The Labute approximate surface area is 110 Å². The van der Waals surface area contributed by atoms with E-state index in [0.717, 1.165) is 4.88 Å². The summed E-state index contributed by atoms with van der Waals surface area (Å²) in [4.78, 5) is 17.6. The molecule has 3 nitrogen and oxygen atoms in total. The van der Waals surface area contributed by atoms with Crippen LogP contribution in [0.1, 0.15) is 20.2 Å². The van der Waals surface area contributed by atoms with Crippen LogP contribution < -0.4 is 5.32 Å². The summed E-state index contributed by atoms with van der Waals surface area (Å²) in [5.74, 6) is 5.67. The maximum absolute atomic E-state index is 11.7. The molecule has 0 unspecified atom stereocenters. The highest BCUT2D eigenvalue weighted by molar-refractivity contribution is 7.13. The Bertz CT molecular complexity index is 593. The van der Waals surface area contributed by atoms with Gasteiger partial charge in [0, 0.05) is 11.1 Å². The van der Waals surface area contributed by atoms with Gasteiger partial charge in [0.05, 0.1) is 11.4 Å². The largest absolute Gasteiger partial charge is 0.340 e. The zero-order chi connectivity index (χ0) is 12.8. The van der Waals surface area contributed by atoms with Crippen molar-refractivity contribution < 1.29 is 4.79 Å². The molecule has 0 aliphatic heterocycles. The van der Waals surface area contributed by atoms with Crippen molar-refractivity contribution >= 4 is 17.2 Å². The molecule has 2 heterocycles. The number of nitrogens with zero attached hydrogens (tertiary/aromatic N) is 1. The number of aromatic nitrogens is 1. The maximum Gasteiger partial charge on any atom is 0.262 e. The van der Waals surface area contributed by atoms with Gasteiger partial charge in [-0.1, -0.05) is 12.0 Å². The molecule has 2 aromatic heterocycles. The van der Waals surface area contributed by atoms with E-state index in [2.05, 4.69) is 22.1 Å². The Morgan fingerprint density at radius 2 is 2.28 bits per heavy atom. The van der Waals surface area contributed by atoms with Gasteiger partial charge in [-0.3, -0.25) is 4.79 Å². The molecule has 0 atom stereocenters. The van der Waals surface area contributed by atoms with Crippen LogP contribution in [0.5, 0.6) is 0 Å². The van der Waals surface area contributed by atoms with Crippen LogP contribution in [0.25, 0.3) is 0 Å². The number of nitrogens with one attached hydrogen (secondary N) is 1. The van der Waals surface area contributed by atoms with Crippen LogP contribution in [0, 0.1) is 18.8 Å². The van der Waals surface area contributed by atoms with Crippen LogP contribution in [0.3, 0.4) is 0 Å². The molecule has 1 amide bonds. The highest BCUT2D eigenvalue weighted by atomic mass is 32.1. The summed E-state index contributed by atoms with van der Waals surface area (Å²) in [6, 6.07) is 9.30. The number of hydrogen-bond acceptors (Lipinski definition) is 3. The number of carbonyl (C=O) groups excluding carboxylic acids is 1. The van der Waals surface area contributed by atoms with Crippen molar-refractivity contribution in [3.05, 3.63) is 52.0 Å². The lowest BCUT2D eigenvalue weighted by Gasteiger charge is -1.96. The monoisotopic (exact) mass is 256 g/mol. The molecule has 4 heteroatoms. The third-order valence-corrected chi connectivity index (χ3v) is 3.18. The summed E-state index contributed by atoms with van der Waals surface area (Å²) < 4.78 is 0. The second-order valence-corrected chi connectivity index (χ2v) is 4.90. The summed E-state index contributed by atoms with van der Waals surface area (Å²) in [6.45, 7) is 2.30. The first-order valence-corrected chi connectivity index (χ1v) is 6.32. The second-order valence-electron chi connectivity index (χ2n) is 3.61. The fourth-order valence-corrected chi connectivity index (χ4v) is 2.12. The minimum atomic E-state index is -0.0802. The number of aryl methyl sites for hydroxylation is 1. The van der Waals surface area contributed by atoms with E-state index in [9.17, 15) is 4.79 Å². The molecule has 0 fully saturated rings. The van der Waals surface area contributed by atoms with Crippen molar-refractivity contribution in [3.8, 4) is 11.8 Å². The predicted molar refractivity (Wildman–Crippen MR) is 72.5 cm³/mol. The second kappa shape index (κ2) is 5.99. The third kappa shape index (κ3) is 3.44. The van der Waals surface area contributed by atoms with Crippen molar-refractivity contribution in [2.45, 2.75) is 6.92 Å². The van der Waals surface area contributed by atoms with Crippen LogP contribution in [0.2, 0.25) is 0 Å². The molecule has 0 saturated carbocycles. The average molecular weight is 256 g/mol. The van der Waals surface area contributed by atoms with Gasteiger partial charge in [0.1, 0.15) is 5.69 Å². The van der Waals surface area contributed by atoms with E-state index in [1.54, 1.807) is 6.20 Å². The molecule has 2 aromatic rings. The minimum absolute atomic E-state index is 0.0802. The quantitative estimate of drug-likeness (QED) is 0.837. The number of carbonyl (C=O) groups is 1. The summed E-state index contributed by atoms with van der Waals surface area (Å²) in [5, 5.41) is 2.75. The van der Waals surface area contributed by atoms with Gasteiger partial charge < -0.3 is 5.32 Å². The van der Waals surface area contributed by atoms with E-state index in [4.69, 9.17) is 0 Å². The molecule has 0 aromatic carbocycles. The third-order valence-electron chi connectivity index (χ3n) is 2.18. The zero-order valence-corrected chi connectivity index (χ0v) is 10.8. The van der Waals surface area contributed by atoms with Crippen molar-refractivity contribution in [1.82, 2.24) is 10.3 Å². The van der Waals surface area contributed by atoms with Gasteiger partial charge in [-0.05, 0) is 37.1 Å². The maximum atomic E-state index is 11.7. The predicted octanol–water partition coefficient (Wildman–Crippen LogP) is 2.23. The Morgan fingerprint density at radius 3 is 2.94 bits per heavy atom. The summed E-state index contributed by atoms with van der Waals surface area (Å²) in [5.41, 5.74) is 0.707. The lowest BCUT2D eigenvalue weighted by atomic mass is 10.3. The first-order valence-electron chi connectivity index (χ1n) is 5.50. The summed E-state index contributed by atoms with van der Waals surface area (Å²) in [7, 11) is 0. The number of hydrogen-bond donors (Lipinski definition) is 1. The molecule has 0 radical (unpaired) electrons. The molecule has 2 rings (SSSR count). The van der Waals surface area contributed by atoms with Gasteiger partial charge in [0.25, 0.3) is 5.91 Å². The van der Waals surface area contributed by atoms with E-state index in [0.29, 0.717) is 17.1 Å². The highest BCUT2D eigenvalue weighted by Gasteiger charge is 2.05. The molecule has 18 heavy (non-hydrogen) atoms. The van der Waals surface area contributed by atoms with Crippen LogP contribution in [0.4, 0.5) is 0 Å². The first kappa shape index (κ1) is 12.3.